The molecule has 94 valence electrons. The molecule has 1 heterocycles. The zero-order valence-corrected chi connectivity index (χ0v) is 10.9. The van der Waals surface area contributed by atoms with Crippen LogP contribution in [0.15, 0.2) is 35.7 Å². The lowest BCUT2D eigenvalue weighted by molar-refractivity contribution is 0.112. The van der Waals surface area contributed by atoms with E-state index in [0.29, 0.717) is 11.8 Å². The Hall–Kier alpha value is -1.68. The van der Waals surface area contributed by atoms with Crippen molar-refractivity contribution >= 4 is 23.3 Å². The molecule has 0 N–H and O–H groups in total. The van der Waals surface area contributed by atoms with Crippen LogP contribution in [0.3, 0.4) is 0 Å². The summed E-state index contributed by atoms with van der Waals surface area (Å²) >= 11 is 1.72. The molecule has 0 aliphatic carbocycles. The highest BCUT2D eigenvalue weighted by Crippen LogP contribution is 2.20. The summed E-state index contributed by atoms with van der Waals surface area (Å²) in [6.07, 6.45) is 1.61. The van der Waals surface area contributed by atoms with Gasteiger partial charge in [-0.1, -0.05) is 6.07 Å². The van der Waals surface area contributed by atoms with Gasteiger partial charge in [0.15, 0.2) is 6.29 Å². The van der Waals surface area contributed by atoms with Gasteiger partial charge in [-0.15, -0.1) is 11.3 Å². The van der Waals surface area contributed by atoms with E-state index in [-0.39, 0.29) is 5.82 Å². The number of rotatable bonds is 5. The maximum atomic E-state index is 13.0. The van der Waals surface area contributed by atoms with Crippen molar-refractivity contribution in [1.82, 2.24) is 0 Å². The lowest BCUT2D eigenvalue weighted by Crippen LogP contribution is -2.21. The zero-order chi connectivity index (χ0) is 13.0. The normalized spacial score (nSPS) is 10.3. The van der Waals surface area contributed by atoms with Crippen molar-refractivity contribution in [3.05, 3.63) is 52.0 Å². The molecule has 4 heteroatoms. The highest BCUT2D eigenvalue weighted by atomic mass is 32.1. The van der Waals surface area contributed by atoms with Crippen LogP contribution < -0.4 is 4.90 Å². The van der Waals surface area contributed by atoms with E-state index < -0.39 is 0 Å². The van der Waals surface area contributed by atoms with Crippen molar-refractivity contribution in [2.75, 3.05) is 18.5 Å². The summed E-state index contributed by atoms with van der Waals surface area (Å²) in [7, 11) is 1.91. The number of halogens is 1. The molecule has 0 aliphatic heterocycles. The van der Waals surface area contributed by atoms with Crippen LogP contribution in [0.4, 0.5) is 10.1 Å². The fourth-order valence-electron chi connectivity index (χ4n) is 1.82. The predicted octanol–water partition coefficient (Wildman–Crippen LogP) is 3.38. The van der Waals surface area contributed by atoms with Crippen molar-refractivity contribution in [2.45, 2.75) is 6.42 Å². The summed E-state index contributed by atoms with van der Waals surface area (Å²) in [6.45, 7) is 0.799. The second kappa shape index (κ2) is 5.78. The molecule has 0 spiro atoms. The maximum absolute atomic E-state index is 13.0. The molecule has 18 heavy (non-hydrogen) atoms. The van der Waals surface area contributed by atoms with Gasteiger partial charge in [-0.25, -0.2) is 4.39 Å². The number of hydrogen-bond donors (Lipinski definition) is 0. The summed E-state index contributed by atoms with van der Waals surface area (Å²) < 4.78 is 13.0. The Balaban J connectivity index is 2.08. The smallest absolute Gasteiger partial charge is 0.152 e. The Morgan fingerprint density at radius 3 is 2.89 bits per heavy atom. The Bertz CT molecular complexity index is 525. The predicted molar refractivity (Wildman–Crippen MR) is 73.1 cm³/mol. The minimum Gasteiger partial charge on any atom is -0.374 e. The molecule has 0 atom stereocenters. The molecule has 0 bridgehead atoms. The van der Waals surface area contributed by atoms with Crippen LogP contribution in [-0.4, -0.2) is 19.9 Å². The number of carbonyl (C=O) groups is 1. The van der Waals surface area contributed by atoms with Crippen LogP contribution in [0.2, 0.25) is 0 Å². The molecule has 0 saturated carbocycles. The van der Waals surface area contributed by atoms with Gasteiger partial charge in [0.1, 0.15) is 5.82 Å². The fraction of sp³-hybridized carbons (Fsp3) is 0.214. The Morgan fingerprint density at radius 2 is 2.22 bits per heavy atom. The molecule has 0 radical (unpaired) electrons. The number of thiophene rings is 1. The number of anilines is 1. The molecular formula is C14H14FNOS. The lowest BCUT2D eigenvalue weighted by atomic mass is 10.1. The minimum atomic E-state index is -0.382. The van der Waals surface area contributed by atoms with E-state index in [1.165, 1.54) is 17.0 Å². The van der Waals surface area contributed by atoms with Crippen LogP contribution in [0.5, 0.6) is 0 Å². The van der Waals surface area contributed by atoms with Crippen LogP contribution in [-0.2, 0) is 6.42 Å². The van der Waals surface area contributed by atoms with Crippen LogP contribution >= 0.6 is 11.3 Å². The summed E-state index contributed by atoms with van der Waals surface area (Å²) in [5, 5.41) is 2.05. The van der Waals surface area contributed by atoms with Crippen molar-refractivity contribution in [3.8, 4) is 0 Å². The highest BCUT2D eigenvalue weighted by Gasteiger charge is 2.08. The van der Waals surface area contributed by atoms with E-state index in [1.807, 2.05) is 23.4 Å². The van der Waals surface area contributed by atoms with E-state index in [0.717, 1.165) is 18.7 Å². The standard InChI is InChI=1S/C14H14FNOS/c1-16(7-6-13-3-2-8-18-13)14-5-4-12(15)9-11(14)10-17/h2-5,8-10H,6-7H2,1H3. The molecule has 1 aromatic heterocycles. The number of aldehydes is 1. The minimum absolute atomic E-state index is 0.382. The van der Waals surface area contributed by atoms with Gasteiger partial charge in [-0.3, -0.25) is 4.79 Å². The first-order valence-electron chi connectivity index (χ1n) is 5.69. The molecule has 1 aromatic carbocycles. The second-order valence-electron chi connectivity index (χ2n) is 4.07. The maximum Gasteiger partial charge on any atom is 0.152 e. The first kappa shape index (κ1) is 12.8. The van der Waals surface area contributed by atoms with Crippen LogP contribution in [0.1, 0.15) is 15.2 Å². The molecule has 0 saturated heterocycles. The quantitative estimate of drug-likeness (QED) is 0.771. The van der Waals surface area contributed by atoms with E-state index in [2.05, 4.69) is 6.07 Å². The van der Waals surface area contributed by atoms with Crippen LogP contribution in [0, 0.1) is 5.82 Å². The van der Waals surface area contributed by atoms with E-state index in [9.17, 15) is 9.18 Å². The third kappa shape index (κ3) is 2.96. The fourth-order valence-corrected chi connectivity index (χ4v) is 2.52. The van der Waals surface area contributed by atoms with Gasteiger partial charge >= 0.3 is 0 Å². The Labute approximate surface area is 110 Å². The van der Waals surface area contributed by atoms with Gasteiger partial charge in [0.2, 0.25) is 0 Å². The van der Waals surface area contributed by atoms with Gasteiger partial charge in [-0.2, -0.15) is 0 Å². The number of nitrogens with zero attached hydrogens (tertiary/aromatic N) is 1. The second-order valence-corrected chi connectivity index (χ2v) is 5.10. The molecule has 2 rings (SSSR count). The van der Waals surface area contributed by atoms with Gasteiger partial charge in [-0.05, 0) is 36.1 Å². The van der Waals surface area contributed by atoms with Gasteiger partial charge < -0.3 is 4.90 Å². The first-order chi connectivity index (χ1) is 8.70. The SMILES string of the molecule is CN(CCc1cccs1)c1ccc(F)cc1C=O. The largest absolute Gasteiger partial charge is 0.374 e. The van der Waals surface area contributed by atoms with E-state index in [1.54, 1.807) is 17.4 Å². The third-order valence-corrected chi connectivity index (χ3v) is 3.74. The van der Waals surface area contributed by atoms with Gasteiger partial charge in [0.05, 0.1) is 0 Å². The monoisotopic (exact) mass is 263 g/mol. The molecule has 2 nitrogen and oxygen atoms in total. The molecule has 0 amide bonds. The summed E-state index contributed by atoms with van der Waals surface area (Å²) in [4.78, 5) is 14.2. The zero-order valence-electron chi connectivity index (χ0n) is 10.1. The lowest BCUT2D eigenvalue weighted by Gasteiger charge is -2.20. The summed E-state index contributed by atoms with van der Waals surface area (Å²) in [5.41, 5.74) is 1.16. The number of carbonyl (C=O) groups excluding carboxylic acids is 1. The number of likely N-dealkylation sites (N-methyl/N-ethyl adjacent to an activating group) is 1. The van der Waals surface area contributed by atoms with Gasteiger partial charge in [0.25, 0.3) is 0 Å². The topological polar surface area (TPSA) is 20.3 Å². The molecule has 2 aromatic rings. The van der Waals surface area contributed by atoms with Crippen molar-refractivity contribution in [2.24, 2.45) is 0 Å². The van der Waals surface area contributed by atoms with Crippen LogP contribution in [0.25, 0.3) is 0 Å². The van der Waals surface area contributed by atoms with Crippen molar-refractivity contribution in [1.29, 1.82) is 0 Å². The Morgan fingerprint density at radius 1 is 1.39 bits per heavy atom. The van der Waals surface area contributed by atoms with Crippen molar-refractivity contribution < 1.29 is 9.18 Å². The first-order valence-corrected chi connectivity index (χ1v) is 6.57. The third-order valence-electron chi connectivity index (χ3n) is 2.80. The average molecular weight is 263 g/mol. The number of benzene rings is 1. The Kier molecular flexibility index (Phi) is 4.10. The molecular weight excluding hydrogens is 249 g/mol. The van der Waals surface area contributed by atoms with E-state index in [4.69, 9.17) is 0 Å². The number of hydrogen-bond acceptors (Lipinski definition) is 3. The van der Waals surface area contributed by atoms with E-state index >= 15 is 0 Å². The molecule has 0 fully saturated rings. The summed E-state index contributed by atoms with van der Waals surface area (Å²) in [5.74, 6) is -0.382. The highest BCUT2D eigenvalue weighted by molar-refractivity contribution is 7.09. The van der Waals surface area contributed by atoms with Gasteiger partial charge in [0, 0.05) is 29.7 Å². The van der Waals surface area contributed by atoms with Crippen molar-refractivity contribution in [3.63, 3.8) is 0 Å². The summed E-state index contributed by atoms with van der Waals surface area (Å²) in [6, 6.07) is 8.40. The average Bonchev–Trinajstić information content (AvgIpc) is 2.88. The molecule has 0 unspecified atom stereocenters. The molecule has 0 aliphatic rings.